The zero-order valence-corrected chi connectivity index (χ0v) is 19.1. The molecule has 2 aliphatic heterocycles. The smallest absolute Gasteiger partial charge is 0.414 e. The number of nitro benzene ring substituents is 1. The molecule has 2 aliphatic rings. The second-order valence-corrected chi connectivity index (χ2v) is 8.46. The Morgan fingerprint density at radius 2 is 1.89 bits per heavy atom. The topological polar surface area (TPSA) is 127 Å². The van der Waals surface area contributed by atoms with Gasteiger partial charge in [0.1, 0.15) is 11.9 Å². The van der Waals surface area contributed by atoms with Crippen LogP contribution in [-0.4, -0.2) is 75.6 Å². The van der Waals surface area contributed by atoms with E-state index in [0.717, 1.165) is 0 Å². The molecule has 0 N–H and O–H groups in total. The molecule has 1 aromatic heterocycles. The first-order valence-corrected chi connectivity index (χ1v) is 11.3. The van der Waals surface area contributed by atoms with Crippen LogP contribution in [0.5, 0.6) is 0 Å². The number of carbonyl (C=O) groups excluding carboxylic acids is 2. The summed E-state index contributed by atoms with van der Waals surface area (Å²) in [5.74, 6) is -0.705. The van der Waals surface area contributed by atoms with E-state index in [4.69, 9.17) is 4.74 Å². The summed E-state index contributed by atoms with van der Waals surface area (Å²) in [4.78, 5) is 40.2. The Kier molecular flexibility index (Phi) is 6.19. The minimum absolute atomic E-state index is 0.0804. The number of carbonyl (C=O) groups is 2. The molecular weight excluding hydrogens is 473 g/mol. The average molecular weight is 495 g/mol. The molecule has 12 nitrogen and oxygen atoms in total. The van der Waals surface area contributed by atoms with Crippen molar-refractivity contribution < 1.29 is 23.6 Å². The lowest BCUT2D eigenvalue weighted by Crippen LogP contribution is -2.49. The van der Waals surface area contributed by atoms with Crippen molar-refractivity contribution in [2.45, 2.75) is 12.6 Å². The van der Waals surface area contributed by atoms with Crippen LogP contribution in [0.25, 0.3) is 0 Å². The van der Waals surface area contributed by atoms with Crippen molar-refractivity contribution in [2.24, 2.45) is 0 Å². The lowest BCUT2D eigenvalue weighted by molar-refractivity contribution is -0.384. The molecule has 36 heavy (non-hydrogen) atoms. The highest BCUT2D eigenvalue weighted by molar-refractivity contribution is 5.94. The number of amides is 2. The molecule has 0 unspecified atom stereocenters. The first-order chi connectivity index (χ1) is 17.4. The lowest BCUT2D eigenvalue weighted by atomic mass is 10.1. The fraction of sp³-hybridized carbons (Fsp3) is 0.304. The molecule has 1 atom stereocenters. The Balaban J connectivity index is 1.20. The third kappa shape index (κ3) is 4.67. The van der Waals surface area contributed by atoms with E-state index in [-0.39, 0.29) is 18.1 Å². The molecule has 2 fully saturated rings. The van der Waals surface area contributed by atoms with Crippen molar-refractivity contribution in [2.75, 3.05) is 42.5 Å². The Bertz CT molecular complexity index is 1280. The van der Waals surface area contributed by atoms with Crippen molar-refractivity contribution in [1.29, 1.82) is 0 Å². The van der Waals surface area contributed by atoms with Gasteiger partial charge in [-0.05, 0) is 30.3 Å². The van der Waals surface area contributed by atoms with Crippen LogP contribution in [-0.2, 0) is 11.3 Å². The summed E-state index contributed by atoms with van der Waals surface area (Å²) >= 11 is 0. The molecule has 0 saturated carbocycles. The molecule has 2 saturated heterocycles. The lowest BCUT2D eigenvalue weighted by Gasteiger charge is -2.36. The normalized spacial score (nSPS) is 17.9. The zero-order chi connectivity index (χ0) is 25.2. The van der Waals surface area contributed by atoms with Crippen LogP contribution in [0.1, 0.15) is 10.4 Å². The number of halogens is 1. The fourth-order valence-corrected chi connectivity index (χ4v) is 4.35. The predicted octanol–water partition coefficient (Wildman–Crippen LogP) is 2.31. The molecule has 0 spiro atoms. The third-order valence-corrected chi connectivity index (χ3v) is 6.21. The van der Waals surface area contributed by atoms with Gasteiger partial charge in [-0.2, -0.15) is 0 Å². The van der Waals surface area contributed by atoms with Gasteiger partial charge in [-0.1, -0.05) is 5.21 Å². The van der Waals surface area contributed by atoms with Crippen LogP contribution in [0.3, 0.4) is 0 Å². The summed E-state index contributed by atoms with van der Waals surface area (Å²) in [6.07, 6.45) is 2.23. The minimum atomic E-state index is -0.550. The van der Waals surface area contributed by atoms with Gasteiger partial charge in [-0.25, -0.2) is 13.9 Å². The van der Waals surface area contributed by atoms with E-state index in [2.05, 4.69) is 10.3 Å². The number of piperazine rings is 1. The van der Waals surface area contributed by atoms with Gasteiger partial charge in [-0.3, -0.25) is 19.8 Å². The number of nitrogens with zero attached hydrogens (tertiary/aromatic N) is 7. The largest absolute Gasteiger partial charge is 0.442 e. The van der Waals surface area contributed by atoms with Gasteiger partial charge in [0, 0.05) is 50.1 Å². The number of benzene rings is 2. The van der Waals surface area contributed by atoms with E-state index >= 15 is 4.39 Å². The highest BCUT2D eigenvalue weighted by Crippen LogP contribution is 2.29. The first kappa shape index (κ1) is 23.2. The van der Waals surface area contributed by atoms with Crippen LogP contribution >= 0.6 is 0 Å². The number of non-ortho nitro benzene ring substituents is 1. The quantitative estimate of drug-likeness (QED) is 0.377. The number of hydrogen-bond acceptors (Lipinski definition) is 8. The fourth-order valence-electron chi connectivity index (χ4n) is 4.35. The number of aromatic nitrogens is 3. The van der Waals surface area contributed by atoms with E-state index in [1.165, 1.54) is 41.4 Å². The van der Waals surface area contributed by atoms with Crippen LogP contribution in [0.4, 0.5) is 26.2 Å². The summed E-state index contributed by atoms with van der Waals surface area (Å²) in [5, 5.41) is 18.4. The number of hydrogen-bond donors (Lipinski definition) is 0. The van der Waals surface area contributed by atoms with Gasteiger partial charge in [0.15, 0.2) is 0 Å². The van der Waals surface area contributed by atoms with E-state index in [9.17, 15) is 19.7 Å². The number of cyclic esters (lactones) is 1. The molecule has 3 heterocycles. The van der Waals surface area contributed by atoms with E-state index < -0.39 is 22.9 Å². The molecule has 0 radical (unpaired) electrons. The maximum atomic E-state index is 15.1. The molecule has 2 amide bonds. The van der Waals surface area contributed by atoms with Crippen LogP contribution in [0.2, 0.25) is 0 Å². The molecule has 0 bridgehead atoms. The monoisotopic (exact) mass is 495 g/mol. The zero-order valence-electron chi connectivity index (χ0n) is 19.1. The van der Waals surface area contributed by atoms with Gasteiger partial charge >= 0.3 is 6.09 Å². The second-order valence-electron chi connectivity index (χ2n) is 8.46. The highest BCUT2D eigenvalue weighted by atomic mass is 19.1. The molecule has 5 rings (SSSR count). The van der Waals surface area contributed by atoms with Gasteiger partial charge in [0.05, 0.1) is 35.6 Å². The SMILES string of the molecule is O=C(c1ccc([N+](=O)[O-])cc1)N1CCN(c2ccc(N3C[C@H](Cn4ccnn4)OC3=O)cc2F)CC1. The van der Waals surface area contributed by atoms with Crippen molar-refractivity contribution in [3.05, 3.63) is 76.4 Å². The molecular formula is C23H22FN7O5. The third-order valence-electron chi connectivity index (χ3n) is 6.21. The number of anilines is 2. The van der Waals surface area contributed by atoms with E-state index in [0.29, 0.717) is 49.7 Å². The van der Waals surface area contributed by atoms with E-state index in [1.807, 2.05) is 4.90 Å². The molecule has 186 valence electrons. The van der Waals surface area contributed by atoms with Gasteiger partial charge in [0.2, 0.25) is 0 Å². The summed E-state index contributed by atoms with van der Waals surface area (Å²) in [5.41, 5.74) is 1.06. The standard InChI is InChI=1S/C23H22FN7O5/c24-20-13-18(30-15-19(36-23(30)33)14-29-8-7-25-26-29)5-6-21(20)27-9-11-28(12-10-27)22(32)16-1-3-17(4-2-16)31(34)35/h1-8,13,19H,9-12,14-15H2/t19-/m0/s1. The number of ether oxygens (including phenoxy) is 1. The molecule has 0 aliphatic carbocycles. The van der Waals surface area contributed by atoms with Gasteiger partial charge in [-0.15, -0.1) is 5.10 Å². The van der Waals surface area contributed by atoms with E-state index in [1.54, 1.807) is 27.9 Å². The Morgan fingerprint density at radius 1 is 1.14 bits per heavy atom. The first-order valence-electron chi connectivity index (χ1n) is 11.3. The highest BCUT2D eigenvalue weighted by Gasteiger charge is 2.33. The number of nitro groups is 1. The summed E-state index contributed by atoms with van der Waals surface area (Å²) in [7, 11) is 0. The van der Waals surface area contributed by atoms with Gasteiger partial charge < -0.3 is 14.5 Å². The van der Waals surface area contributed by atoms with Crippen molar-refractivity contribution in [3.63, 3.8) is 0 Å². The van der Waals surface area contributed by atoms with Crippen molar-refractivity contribution >= 4 is 29.1 Å². The Morgan fingerprint density at radius 3 is 2.53 bits per heavy atom. The van der Waals surface area contributed by atoms with Crippen LogP contribution in [0.15, 0.2) is 54.9 Å². The molecule has 13 heteroatoms. The van der Waals surface area contributed by atoms with Crippen LogP contribution < -0.4 is 9.80 Å². The Hall–Kier alpha value is -4.55. The maximum Gasteiger partial charge on any atom is 0.414 e. The summed E-state index contributed by atoms with van der Waals surface area (Å²) < 4.78 is 22.0. The van der Waals surface area contributed by atoms with Crippen molar-refractivity contribution in [1.82, 2.24) is 19.9 Å². The predicted molar refractivity (Wildman–Crippen MR) is 125 cm³/mol. The minimum Gasteiger partial charge on any atom is -0.442 e. The second kappa shape index (κ2) is 9.60. The van der Waals surface area contributed by atoms with Gasteiger partial charge in [0.25, 0.3) is 11.6 Å². The molecule has 2 aromatic carbocycles. The Labute approximate surface area is 204 Å². The van der Waals surface area contributed by atoms with Crippen LogP contribution in [0, 0.1) is 15.9 Å². The maximum absolute atomic E-state index is 15.1. The number of rotatable bonds is 6. The summed E-state index contributed by atoms with van der Waals surface area (Å²) in [6.45, 7) is 2.20. The summed E-state index contributed by atoms with van der Waals surface area (Å²) in [6, 6.07) is 10.1. The average Bonchev–Trinajstić information content (AvgIpc) is 3.53. The van der Waals surface area contributed by atoms with Crippen molar-refractivity contribution in [3.8, 4) is 0 Å². The molecule has 3 aromatic rings.